The Morgan fingerprint density at radius 3 is 2.74 bits per heavy atom. The normalized spacial score (nSPS) is 16.1. The number of anilines is 1. The minimum absolute atomic E-state index is 0.0949. The summed E-state index contributed by atoms with van der Waals surface area (Å²) in [5.74, 6) is 0.517. The standard InChI is InChI=1S/C22H20F3N7OS/c1-2-3-15-10-16-18(31-8-9-32-17(12-31)29-30-20(32)22(23,24)25)27-21(28-19(16)34-15)33-14-6-4-13(11-26)5-7-14/h4,6,10H,2-3,5,7-9,12H2,1H3. The number of rotatable bonds is 5. The zero-order chi connectivity index (χ0) is 23.9. The summed E-state index contributed by atoms with van der Waals surface area (Å²) >= 11 is 1.56. The van der Waals surface area contributed by atoms with Gasteiger partial charge in [0.05, 0.1) is 18.0 Å². The monoisotopic (exact) mass is 487 g/mol. The molecule has 0 spiro atoms. The summed E-state index contributed by atoms with van der Waals surface area (Å²) in [6.07, 6.45) is 1.94. The van der Waals surface area contributed by atoms with Crippen molar-refractivity contribution >= 4 is 27.4 Å². The number of nitrogens with zero attached hydrogens (tertiary/aromatic N) is 7. The topological polar surface area (TPSA) is 92.8 Å². The van der Waals surface area contributed by atoms with Crippen LogP contribution in [0.2, 0.25) is 0 Å². The molecule has 0 radical (unpaired) electrons. The third-order valence-corrected chi connectivity index (χ3v) is 6.77. The molecule has 3 aromatic heterocycles. The van der Waals surface area contributed by atoms with Gasteiger partial charge >= 0.3 is 12.2 Å². The van der Waals surface area contributed by atoms with Gasteiger partial charge in [0.25, 0.3) is 0 Å². The number of halogens is 3. The van der Waals surface area contributed by atoms with E-state index in [1.165, 1.54) is 0 Å². The van der Waals surface area contributed by atoms with Crippen LogP contribution in [-0.2, 0) is 25.7 Å². The molecular weight excluding hydrogens is 467 g/mol. The average molecular weight is 488 g/mol. The molecule has 4 heterocycles. The van der Waals surface area contributed by atoms with Crippen LogP contribution in [0.1, 0.15) is 42.7 Å². The molecule has 12 heteroatoms. The summed E-state index contributed by atoms with van der Waals surface area (Å²) in [7, 11) is 0. The van der Waals surface area contributed by atoms with Gasteiger partial charge in [-0.1, -0.05) is 13.3 Å². The molecule has 0 bridgehead atoms. The van der Waals surface area contributed by atoms with E-state index in [0.29, 0.717) is 36.5 Å². The first-order valence-corrected chi connectivity index (χ1v) is 11.7. The third-order valence-electron chi connectivity index (χ3n) is 5.68. The van der Waals surface area contributed by atoms with Crippen molar-refractivity contribution in [3.05, 3.63) is 46.1 Å². The molecule has 0 fully saturated rings. The van der Waals surface area contributed by atoms with Crippen molar-refractivity contribution in [2.24, 2.45) is 0 Å². The first-order chi connectivity index (χ1) is 16.4. The van der Waals surface area contributed by atoms with Gasteiger partial charge in [0.1, 0.15) is 16.4 Å². The van der Waals surface area contributed by atoms with Crippen molar-refractivity contribution in [3.8, 4) is 12.1 Å². The number of hydrogen-bond donors (Lipinski definition) is 0. The highest BCUT2D eigenvalue weighted by Crippen LogP contribution is 2.36. The number of ether oxygens (including phenoxy) is 1. The van der Waals surface area contributed by atoms with Crippen LogP contribution in [-0.4, -0.2) is 31.3 Å². The highest BCUT2D eigenvalue weighted by molar-refractivity contribution is 7.18. The molecule has 0 aromatic carbocycles. The van der Waals surface area contributed by atoms with Gasteiger partial charge in [-0.3, -0.25) is 0 Å². The smallest absolute Gasteiger partial charge is 0.429 e. The van der Waals surface area contributed by atoms with Gasteiger partial charge in [-0.05, 0) is 31.1 Å². The predicted octanol–water partition coefficient (Wildman–Crippen LogP) is 4.78. The number of hydrogen-bond acceptors (Lipinski definition) is 8. The highest BCUT2D eigenvalue weighted by Gasteiger charge is 2.39. The number of allylic oxidation sites excluding steroid dienone is 4. The first kappa shape index (κ1) is 22.3. The Labute approximate surface area is 197 Å². The minimum Gasteiger partial charge on any atom is -0.429 e. The lowest BCUT2D eigenvalue weighted by Crippen LogP contribution is -2.36. The second-order valence-electron chi connectivity index (χ2n) is 8.06. The Morgan fingerprint density at radius 1 is 1.18 bits per heavy atom. The van der Waals surface area contributed by atoms with Crippen LogP contribution in [0, 0.1) is 11.3 Å². The molecule has 0 N–H and O–H groups in total. The zero-order valence-corrected chi connectivity index (χ0v) is 19.1. The molecule has 0 saturated heterocycles. The van der Waals surface area contributed by atoms with Crippen molar-refractivity contribution in [1.82, 2.24) is 24.7 Å². The highest BCUT2D eigenvalue weighted by atomic mass is 32.1. The largest absolute Gasteiger partial charge is 0.451 e. The van der Waals surface area contributed by atoms with Crippen LogP contribution < -0.4 is 9.64 Å². The van der Waals surface area contributed by atoms with Crippen molar-refractivity contribution in [2.45, 2.75) is 51.9 Å². The lowest BCUT2D eigenvalue weighted by atomic mass is 10.1. The van der Waals surface area contributed by atoms with E-state index in [0.717, 1.165) is 32.5 Å². The second-order valence-corrected chi connectivity index (χ2v) is 9.18. The number of thiophene rings is 1. The number of fused-ring (bicyclic) bond motifs is 2. The summed E-state index contributed by atoms with van der Waals surface area (Å²) in [6.45, 7) is 2.65. The summed E-state index contributed by atoms with van der Waals surface area (Å²) in [6, 6.07) is 4.36. The first-order valence-electron chi connectivity index (χ1n) is 10.9. The average Bonchev–Trinajstić information content (AvgIpc) is 3.42. The van der Waals surface area contributed by atoms with Gasteiger partial charge in [0.2, 0.25) is 5.82 Å². The van der Waals surface area contributed by atoms with Crippen molar-refractivity contribution in [2.75, 3.05) is 11.4 Å². The minimum atomic E-state index is -4.55. The summed E-state index contributed by atoms with van der Waals surface area (Å²) < 4.78 is 46.8. The lowest BCUT2D eigenvalue weighted by Gasteiger charge is -2.29. The van der Waals surface area contributed by atoms with E-state index in [4.69, 9.17) is 10.00 Å². The van der Waals surface area contributed by atoms with Crippen LogP contribution in [0.15, 0.2) is 29.6 Å². The van der Waals surface area contributed by atoms with Crippen molar-refractivity contribution in [1.29, 1.82) is 5.26 Å². The van der Waals surface area contributed by atoms with Crippen LogP contribution in [0.25, 0.3) is 10.2 Å². The Morgan fingerprint density at radius 2 is 2.03 bits per heavy atom. The number of nitriles is 1. The molecule has 176 valence electrons. The molecule has 0 atom stereocenters. The van der Waals surface area contributed by atoms with Gasteiger partial charge in [-0.25, -0.2) is 0 Å². The molecule has 0 unspecified atom stereocenters. The summed E-state index contributed by atoms with van der Waals surface area (Å²) in [5.41, 5.74) is 0.683. The zero-order valence-electron chi connectivity index (χ0n) is 18.3. The molecule has 1 aliphatic carbocycles. The number of alkyl halides is 3. The summed E-state index contributed by atoms with van der Waals surface area (Å²) in [4.78, 5) is 13.1. The van der Waals surface area contributed by atoms with E-state index in [9.17, 15) is 13.2 Å². The van der Waals surface area contributed by atoms with Crippen LogP contribution >= 0.6 is 11.3 Å². The molecule has 0 saturated carbocycles. The van der Waals surface area contributed by atoms with Crippen molar-refractivity contribution in [3.63, 3.8) is 0 Å². The van der Waals surface area contributed by atoms with Gasteiger partial charge < -0.3 is 14.2 Å². The Balaban J connectivity index is 1.51. The van der Waals surface area contributed by atoms with Crippen LogP contribution in [0.3, 0.4) is 0 Å². The molecule has 3 aromatic rings. The van der Waals surface area contributed by atoms with E-state index < -0.39 is 12.0 Å². The number of aryl methyl sites for hydroxylation is 1. The lowest BCUT2D eigenvalue weighted by molar-refractivity contribution is -0.147. The van der Waals surface area contributed by atoms with E-state index in [-0.39, 0.29) is 24.9 Å². The number of aromatic nitrogens is 5. The maximum atomic E-state index is 13.2. The Bertz CT molecular complexity index is 1350. The fourth-order valence-corrected chi connectivity index (χ4v) is 5.17. The molecule has 1 aliphatic heterocycles. The van der Waals surface area contributed by atoms with Gasteiger partial charge in [0, 0.05) is 30.0 Å². The third kappa shape index (κ3) is 4.23. The van der Waals surface area contributed by atoms with Gasteiger partial charge in [0.15, 0.2) is 5.82 Å². The molecule has 0 amide bonds. The molecule has 5 rings (SSSR count). The molecule has 2 aliphatic rings. The van der Waals surface area contributed by atoms with E-state index in [1.807, 2.05) is 11.0 Å². The maximum absolute atomic E-state index is 13.2. The van der Waals surface area contributed by atoms with Crippen LogP contribution in [0.4, 0.5) is 19.0 Å². The fourth-order valence-electron chi connectivity index (χ4n) is 4.06. The van der Waals surface area contributed by atoms with Gasteiger partial charge in [-0.15, -0.1) is 21.5 Å². The fraction of sp³-hybridized carbons (Fsp3) is 0.409. The van der Waals surface area contributed by atoms with Crippen molar-refractivity contribution < 1.29 is 17.9 Å². The second kappa shape index (κ2) is 8.72. The van der Waals surface area contributed by atoms with Crippen LogP contribution in [0.5, 0.6) is 6.01 Å². The maximum Gasteiger partial charge on any atom is 0.451 e. The SMILES string of the molecule is CCCc1cc2c(N3CCn4c(nnc4C(F)(F)F)C3)nc(OC3=CC=C(C#N)CC3)nc2s1. The quantitative estimate of drug-likeness (QED) is 0.511. The van der Waals surface area contributed by atoms with E-state index >= 15 is 0 Å². The van der Waals surface area contributed by atoms with Gasteiger partial charge in [-0.2, -0.15) is 28.4 Å². The Kier molecular flexibility index (Phi) is 5.73. The molecule has 8 nitrogen and oxygen atoms in total. The predicted molar refractivity (Wildman–Crippen MR) is 119 cm³/mol. The molecular formula is C22H20F3N7OS. The molecule has 34 heavy (non-hydrogen) atoms. The van der Waals surface area contributed by atoms with E-state index in [2.05, 4.69) is 33.2 Å². The summed E-state index contributed by atoms with van der Waals surface area (Å²) in [5, 5.41) is 17.0. The van der Waals surface area contributed by atoms with E-state index in [1.54, 1.807) is 23.5 Å². The Hall–Kier alpha value is -3.46.